The Morgan fingerprint density at radius 1 is 0.455 bits per heavy atom. The standard InChI is InChI=1S/C26H20N4O8S2.4K/c31-23-11-7-19(8-12-23)27-29-21-5-3-17(25(15-21)39(33,34)35)1-2-18-4-6-22(16-26(18)40(36,37)38)30-28-20-9-13-24(32)14-10-20;;;;/h1-16,31-32H,(H,33,34,35)(H,36,37,38);;;;/q;4*+1/p-4. The second-order valence-corrected chi connectivity index (χ2v) is 10.8. The van der Waals surface area contributed by atoms with Crippen molar-refractivity contribution < 1.29 is 242 Å². The van der Waals surface area contributed by atoms with Gasteiger partial charge in [0.25, 0.3) is 0 Å². The first-order valence-electron chi connectivity index (χ1n) is 11.1. The van der Waals surface area contributed by atoms with Crippen LogP contribution in [0.5, 0.6) is 11.5 Å². The summed E-state index contributed by atoms with van der Waals surface area (Å²) in [5.41, 5.74) is 0.518. The molecular weight excluding hydrogens is 717 g/mol. The maximum atomic E-state index is 11.9. The van der Waals surface area contributed by atoms with Gasteiger partial charge in [-0.05, 0) is 59.7 Å². The quantitative estimate of drug-likeness (QED) is 0.0734. The number of benzene rings is 4. The molecule has 0 aliphatic carbocycles. The predicted molar refractivity (Wildman–Crippen MR) is 138 cm³/mol. The monoisotopic (exact) mass is 732 g/mol. The van der Waals surface area contributed by atoms with Gasteiger partial charge >= 0.3 is 206 Å². The molecule has 0 bridgehead atoms. The summed E-state index contributed by atoms with van der Waals surface area (Å²) in [6, 6.07) is 18.0. The van der Waals surface area contributed by atoms with Crippen molar-refractivity contribution in [1.82, 2.24) is 0 Å². The SMILES string of the molecule is O=S(=O)([O-])c1cc(N=Nc2ccc([O-])cc2)ccc1C=Cc1ccc(N=Nc2ccc([O-])cc2)cc1S(=O)(=O)[O-].[K+].[K+].[K+].[K+]. The predicted octanol–water partition coefficient (Wildman–Crippen LogP) is -7.34. The molecule has 12 nitrogen and oxygen atoms in total. The molecule has 4 aromatic rings. The van der Waals surface area contributed by atoms with Gasteiger partial charge in [0.2, 0.25) is 0 Å². The number of nitrogens with zero attached hydrogens (tertiary/aromatic N) is 4. The summed E-state index contributed by atoms with van der Waals surface area (Å²) in [6.07, 6.45) is 2.32. The van der Waals surface area contributed by atoms with Crippen LogP contribution in [0.15, 0.2) is 115 Å². The molecule has 44 heavy (non-hydrogen) atoms. The summed E-state index contributed by atoms with van der Waals surface area (Å²) in [4.78, 5) is -1.31. The van der Waals surface area contributed by atoms with E-state index in [0.717, 1.165) is 24.3 Å². The van der Waals surface area contributed by atoms with Crippen LogP contribution < -0.4 is 216 Å². The number of azo groups is 2. The van der Waals surface area contributed by atoms with Crippen LogP contribution in [0, 0.1) is 0 Å². The van der Waals surface area contributed by atoms with E-state index < -0.39 is 30.0 Å². The summed E-state index contributed by atoms with van der Waals surface area (Å²) in [6.45, 7) is 0. The maximum absolute atomic E-state index is 11.9. The first-order valence-corrected chi connectivity index (χ1v) is 14.0. The van der Waals surface area contributed by atoms with Crippen LogP contribution in [-0.4, -0.2) is 25.9 Å². The minimum Gasteiger partial charge on any atom is -0.872 e. The van der Waals surface area contributed by atoms with Crippen LogP contribution in [0.25, 0.3) is 12.2 Å². The van der Waals surface area contributed by atoms with Crippen LogP contribution in [0.2, 0.25) is 0 Å². The topological polar surface area (TPSA) is 210 Å². The van der Waals surface area contributed by atoms with Gasteiger partial charge in [0.15, 0.2) is 0 Å². The fourth-order valence-corrected chi connectivity index (χ4v) is 4.69. The summed E-state index contributed by atoms with van der Waals surface area (Å²) in [5, 5.41) is 37.9. The molecule has 0 amide bonds. The first-order chi connectivity index (χ1) is 18.9. The second kappa shape index (κ2) is 21.1. The summed E-state index contributed by atoms with van der Waals surface area (Å²) in [7, 11) is -10.0. The van der Waals surface area contributed by atoms with Crippen molar-refractivity contribution in [3.05, 3.63) is 96.1 Å². The van der Waals surface area contributed by atoms with Gasteiger partial charge in [-0.3, -0.25) is 0 Å². The Kier molecular flexibility index (Phi) is 22.0. The largest absolute Gasteiger partial charge is 1.00 e. The molecule has 0 atom stereocenters. The van der Waals surface area contributed by atoms with E-state index in [-0.39, 0.29) is 240 Å². The van der Waals surface area contributed by atoms with Crippen molar-refractivity contribution in [2.45, 2.75) is 9.79 Å². The van der Waals surface area contributed by atoms with Gasteiger partial charge in [0, 0.05) is 0 Å². The molecule has 0 spiro atoms. The molecular formula is C26H16K4N4O8S2. The fraction of sp³-hybridized carbons (Fsp3) is 0. The number of hydrogen-bond acceptors (Lipinski definition) is 12. The zero-order chi connectivity index (χ0) is 28.9. The minimum absolute atomic E-state index is 0. The van der Waals surface area contributed by atoms with Crippen LogP contribution in [-0.2, 0) is 20.2 Å². The van der Waals surface area contributed by atoms with Crippen LogP contribution in [0.3, 0.4) is 0 Å². The third kappa shape index (κ3) is 14.3. The van der Waals surface area contributed by atoms with Gasteiger partial charge in [-0.25, -0.2) is 16.8 Å². The van der Waals surface area contributed by atoms with Crippen molar-refractivity contribution in [2.75, 3.05) is 0 Å². The Morgan fingerprint density at radius 3 is 1.02 bits per heavy atom. The average Bonchev–Trinajstić information content (AvgIpc) is 2.90. The summed E-state index contributed by atoms with van der Waals surface area (Å²) >= 11 is 0. The van der Waals surface area contributed by atoms with E-state index in [1.54, 1.807) is 0 Å². The molecule has 0 aliphatic rings. The maximum Gasteiger partial charge on any atom is 1.00 e. The van der Waals surface area contributed by atoms with Crippen molar-refractivity contribution in [3.8, 4) is 11.5 Å². The number of rotatable bonds is 8. The fourth-order valence-electron chi connectivity index (χ4n) is 3.32. The van der Waals surface area contributed by atoms with E-state index in [9.17, 15) is 36.2 Å². The van der Waals surface area contributed by atoms with Crippen molar-refractivity contribution in [1.29, 1.82) is 0 Å². The average molecular weight is 733 g/mol. The van der Waals surface area contributed by atoms with Gasteiger partial charge in [-0.2, -0.15) is 20.5 Å². The van der Waals surface area contributed by atoms with Gasteiger partial charge in [-0.15, -0.1) is 11.5 Å². The molecule has 204 valence electrons. The zero-order valence-electron chi connectivity index (χ0n) is 24.1. The molecule has 0 heterocycles. The van der Waals surface area contributed by atoms with Crippen molar-refractivity contribution in [2.24, 2.45) is 20.5 Å². The van der Waals surface area contributed by atoms with E-state index in [2.05, 4.69) is 20.5 Å². The zero-order valence-corrected chi connectivity index (χ0v) is 38.2. The van der Waals surface area contributed by atoms with E-state index in [4.69, 9.17) is 0 Å². The smallest absolute Gasteiger partial charge is 0.872 e. The van der Waals surface area contributed by atoms with Gasteiger partial charge in [-0.1, -0.05) is 48.6 Å². The molecule has 4 rings (SSSR count). The Morgan fingerprint density at radius 2 is 0.727 bits per heavy atom. The van der Waals surface area contributed by atoms with Crippen LogP contribution in [0.1, 0.15) is 11.1 Å². The van der Waals surface area contributed by atoms with Gasteiger partial charge in [0.1, 0.15) is 20.2 Å². The summed E-state index contributed by atoms with van der Waals surface area (Å²) < 4.78 is 71.5. The Labute approximate surface area is 424 Å². The van der Waals surface area contributed by atoms with Crippen LogP contribution >= 0.6 is 0 Å². The molecule has 0 aliphatic heterocycles. The second-order valence-electron chi connectivity index (χ2n) is 8.07. The molecule has 0 saturated heterocycles. The van der Waals surface area contributed by atoms with Crippen LogP contribution in [0.4, 0.5) is 22.7 Å². The van der Waals surface area contributed by atoms with E-state index >= 15 is 0 Å². The Balaban J connectivity index is 0.00000462. The number of hydrogen-bond donors (Lipinski definition) is 0. The summed E-state index contributed by atoms with van der Waals surface area (Å²) in [5.74, 6) is -0.456. The first kappa shape index (κ1) is 45.8. The molecule has 0 N–H and O–H groups in total. The van der Waals surface area contributed by atoms with E-state index in [0.29, 0.717) is 11.4 Å². The molecule has 0 fully saturated rings. The molecule has 0 aromatic heterocycles. The molecule has 18 heteroatoms. The van der Waals surface area contributed by atoms with E-state index in [1.807, 2.05) is 0 Å². The van der Waals surface area contributed by atoms with E-state index in [1.165, 1.54) is 72.8 Å². The minimum atomic E-state index is -5.00. The van der Waals surface area contributed by atoms with Gasteiger partial charge < -0.3 is 19.3 Å². The molecule has 0 radical (unpaired) electrons. The molecule has 0 saturated carbocycles. The Hall–Kier alpha value is 1.79. The van der Waals surface area contributed by atoms with Crippen molar-refractivity contribution >= 4 is 55.1 Å². The third-order valence-electron chi connectivity index (χ3n) is 5.21. The third-order valence-corrected chi connectivity index (χ3v) is 7.00. The molecule has 4 aromatic carbocycles. The van der Waals surface area contributed by atoms with Gasteiger partial charge in [0.05, 0.1) is 32.5 Å². The Bertz CT molecular complexity index is 1730. The van der Waals surface area contributed by atoms with Crippen molar-refractivity contribution in [3.63, 3.8) is 0 Å². The molecule has 0 unspecified atom stereocenters. The normalized spacial score (nSPS) is 11.4.